The van der Waals surface area contributed by atoms with Crippen LogP contribution in [-0.4, -0.2) is 53.9 Å². The predicted molar refractivity (Wildman–Crippen MR) is 105 cm³/mol. The Morgan fingerprint density at radius 1 is 1.14 bits per heavy atom. The fraction of sp³-hybridized carbons (Fsp3) is 0.350. The maximum atomic E-state index is 12.6. The molecule has 1 saturated heterocycles. The van der Waals surface area contributed by atoms with Gasteiger partial charge in [0.2, 0.25) is 0 Å². The first-order valence-electron chi connectivity index (χ1n) is 9.28. The molecule has 28 heavy (non-hydrogen) atoms. The molecule has 8 nitrogen and oxygen atoms in total. The Balaban J connectivity index is 1.66. The van der Waals surface area contributed by atoms with Gasteiger partial charge < -0.3 is 20.1 Å². The van der Waals surface area contributed by atoms with Gasteiger partial charge in [-0.2, -0.15) is 5.10 Å². The van der Waals surface area contributed by atoms with Gasteiger partial charge in [-0.3, -0.25) is 4.79 Å². The van der Waals surface area contributed by atoms with Crippen molar-refractivity contribution in [3.05, 3.63) is 42.2 Å². The molecule has 0 radical (unpaired) electrons. The zero-order valence-corrected chi connectivity index (χ0v) is 15.9. The number of rotatable bonds is 5. The van der Waals surface area contributed by atoms with Gasteiger partial charge in [-0.1, -0.05) is 0 Å². The van der Waals surface area contributed by atoms with Crippen LogP contribution in [0.5, 0.6) is 11.5 Å². The Morgan fingerprint density at radius 3 is 2.68 bits per heavy atom. The predicted octanol–water partition coefficient (Wildman–Crippen LogP) is 1.90. The van der Waals surface area contributed by atoms with Crippen molar-refractivity contribution in [3.8, 4) is 22.8 Å². The number of ether oxygens (including phenoxy) is 2. The first-order valence-corrected chi connectivity index (χ1v) is 9.28. The number of nitrogens with zero attached hydrogens (tertiary/aromatic N) is 3. The fourth-order valence-electron chi connectivity index (χ4n) is 3.45. The molecule has 1 amide bonds. The minimum absolute atomic E-state index is 0.171. The number of methoxy groups -OCH3 is 2. The molecule has 0 spiro atoms. The Morgan fingerprint density at radius 2 is 1.93 bits per heavy atom. The third kappa shape index (κ3) is 3.50. The largest absolute Gasteiger partial charge is 0.493 e. The van der Waals surface area contributed by atoms with Crippen molar-refractivity contribution in [2.75, 3.05) is 27.3 Å². The van der Waals surface area contributed by atoms with Crippen LogP contribution in [0.3, 0.4) is 0 Å². The molecule has 0 bridgehead atoms. The molecule has 0 aliphatic carbocycles. The number of amides is 1. The smallest absolute Gasteiger partial charge is 0.272 e. The Hall–Kier alpha value is -3.13. The van der Waals surface area contributed by atoms with E-state index in [1.54, 1.807) is 31.0 Å². The molecule has 3 aromatic rings. The second kappa shape index (κ2) is 7.85. The summed E-state index contributed by atoms with van der Waals surface area (Å²) < 4.78 is 12.4. The molecule has 4 rings (SSSR count). The van der Waals surface area contributed by atoms with Crippen LogP contribution in [0.4, 0.5) is 0 Å². The summed E-state index contributed by atoms with van der Waals surface area (Å²) in [5, 5.41) is 10.9. The second-order valence-electron chi connectivity index (χ2n) is 6.70. The van der Waals surface area contributed by atoms with Crippen LogP contribution < -0.4 is 20.1 Å². The highest BCUT2D eigenvalue weighted by atomic mass is 16.5. The minimum atomic E-state index is -0.171. The van der Waals surface area contributed by atoms with E-state index in [-0.39, 0.29) is 11.9 Å². The van der Waals surface area contributed by atoms with Gasteiger partial charge in [0.25, 0.3) is 5.91 Å². The van der Waals surface area contributed by atoms with Crippen molar-refractivity contribution in [1.82, 2.24) is 25.2 Å². The number of aromatic nitrogens is 3. The maximum absolute atomic E-state index is 12.6. The summed E-state index contributed by atoms with van der Waals surface area (Å²) in [6, 6.07) is 9.39. The first kappa shape index (κ1) is 18.2. The molecule has 0 unspecified atom stereocenters. The summed E-state index contributed by atoms with van der Waals surface area (Å²) in [7, 11) is 3.20. The monoisotopic (exact) mass is 381 g/mol. The lowest BCUT2D eigenvalue weighted by atomic mass is 10.1. The SMILES string of the molecule is COc1ccc(-c2ccnc3cc(C(=O)NC4CCNCC4)nn23)cc1OC. The van der Waals surface area contributed by atoms with E-state index < -0.39 is 0 Å². The van der Waals surface area contributed by atoms with Crippen molar-refractivity contribution in [2.45, 2.75) is 18.9 Å². The molecule has 1 aliphatic heterocycles. The quantitative estimate of drug-likeness (QED) is 0.702. The van der Waals surface area contributed by atoms with Crippen molar-refractivity contribution in [1.29, 1.82) is 0 Å². The molecule has 1 aromatic carbocycles. The lowest BCUT2D eigenvalue weighted by Crippen LogP contribution is -2.42. The summed E-state index contributed by atoms with van der Waals surface area (Å²) in [4.78, 5) is 17.0. The number of hydrogen-bond donors (Lipinski definition) is 2. The number of fused-ring (bicyclic) bond motifs is 1. The van der Waals surface area contributed by atoms with Crippen LogP contribution >= 0.6 is 0 Å². The molecule has 2 aromatic heterocycles. The molecule has 3 heterocycles. The number of carbonyl (C=O) groups excluding carboxylic acids is 1. The van der Waals surface area contributed by atoms with Crippen LogP contribution in [-0.2, 0) is 0 Å². The average Bonchev–Trinajstić information content (AvgIpc) is 3.18. The van der Waals surface area contributed by atoms with Gasteiger partial charge in [-0.15, -0.1) is 0 Å². The van der Waals surface area contributed by atoms with E-state index in [4.69, 9.17) is 9.47 Å². The second-order valence-corrected chi connectivity index (χ2v) is 6.70. The van der Waals surface area contributed by atoms with Gasteiger partial charge in [0.05, 0.1) is 19.9 Å². The fourth-order valence-corrected chi connectivity index (χ4v) is 3.45. The molecule has 0 atom stereocenters. The summed E-state index contributed by atoms with van der Waals surface area (Å²) >= 11 is 0. The Labute approximate surface area is 162 Å². The number of nitrogens with one attached hydrogen (secondary N) is 2. The van der Waals surface area contributed by atoms with E-state index in [0.717, 1.165) is 37.2 Å². The van der Waals surface area contributed by atoms with Crippen LogP contribution in [0.15, 0.2) is 36.5 Å². The van der Waals surface area contributed by atoms with E-state index in [2.05, 4.69) is 20.7 Å². The molecule has 8 heteroatoms. The third-order valence-corrected chi connectivity index (χ3v) is 4.94. The third-order valence-electron chi connectivity index (χ3n) is 4.94. The maximum Gasteiger partial charge on any atom is 0.272 e. The topological polar surface area (TPSA) is 89.8 Å². The normalized spacial score (nSPS) is 14.8. The van der Waals surface area contributed by atoms with Crippen LogP contribution in [0.1, 0.15) is 23.3 Å². The van der Waals surface area contributed by atoms with E-state index in [1.807, 2.05) is 24.3 Å². The highest BCUT2D eigenvalue weighted by molar-refractivity contribution is 5.93. The number of benzene rings is 1. The van der Waals surface area contributed by atoms with Gasteiger partial charge in [0, 0.05) is 23.9 Å². The minimum Gasteiger partial charge on any atom is -0.493 e. The van der Waals surface area contributed by atoms with E-state index in [0.29, 0.717) is 22.8 Å². The van der Waals surface area contributed by atoms with Gasteiger partial charge in [-0.25, -0.2) is 9.50 Å². The summed E-state index contributed by atoms with van der Waals surface area (Å²) in [5.41, 5.74) is 2.67. The van der Waals surface area contributed by atoms with E-state index >= 15 is 0 Å². The van der Waals surface area contributed by atoms with Crippen molar-refractivity contribution in [3.63, 3.8) is 0 Å². The lowest BCUT2D eigenvalue weighted by molar-refractivity contribution is 0.0924. The van der Waals surface area contributed by atoms with Crippen LogP contribution in [0, 0.1) is 0 Å². The summed E-state index contributed by atoms with van der Waals surface area (Å²) in [5.74, 6) is 1.11. The molecular weight excluding hydrogens is 358 g/mol. The number of piperidine rings is 1. The van der Waals surface area contributed by atoms with Crippen LogP contribution in [0.2, 0.25) is 0 Å². The highest BCUT2D eigenvalue weighted by Crippen LogP contribution is 2.32. The van der Waals surface area contributed by atoms with Gasteiger partial charge in [0.15, 0.2) is 22.8 Å². The van der Waals surface area contributed by atoms with Crippen molar-refractivity contribution in [2.24, 2.45) is 0 Å². The summed E-state index contributed by atoms with van der Waals surface area (Å²) in [6.45, 7) is 1.84. The highest BCUT2D eigenvalue weighted by Gasteiger charge is 2.19. The number of carbonyl (C=O) groups is 1. The molecule has 146 valence electrons. The van der Waals surface area contributed by atoms with Gasteiger partial charge in [-0.05, 0) is 50.2 Å². The van der Waals surface area contributed by atoms with Crippen molar-refractivity contribution < 1.29 is 14.3 Å². The van der Waals surface area contributed by atoms with Gasteiger partial charge >= 0.3 is 0 Å². The molecule has 1 aliphatic rings. The Bertz CT molecular complexity index is 995. The average molecular weight is 381 g/mol. The van der Waals surface area contributed by atoms with E-state index in [1.165, 1.54) is 0 Å². The van der Waals surface area contributed by atoms with Crippen molar-refractivity contribution >= 4 is 11.6 Å². The molecule has 1 fully saturated rings. The standard InChI is InChI=1S/C20H23N5O3/c1-27-17-4-3-13(11-18(17)28-2)16-7-10-22-19-12-15(24-25(16)19)20(26)23-14-5-8-21-9-6-14/h3-4,7,10-12,14,21H,5-6,8-9H2,1-2H3,(H,23,26). The van der Waals surface area contributed by atoms with Crippen LogP contribution in [0.25, 0.3) is 16.9 Å². The molecule has 2 N–H and O–H groups in total. The lowest BCUT2D eigenvalue weighted by Gasteiger charge is -2.23. The molecular formula is C20H23N5O3. The zero-order valence-electron chi connectivity index (χ0n) is 15.9. The summed E-state index contributed by atoms with van der Waals surface area (Å²) in [6.07, 6.45) is 3.56. The van der Waals surface area contributed by atoms with Gasteiger partial charge in [0.1, 0.15) is 0 Å². The molecule has 0 saturated carbocycles. The van der Waals surface area contributed by atoms with E-state index in [9.17, 15) is 4.79 Å². The Kier molecular flexibility index (Phi) is 5.12. The zero-order chi connectivity index (χ0) is 19.5. The first-order chi connectivity index (χ1) is 13.7. The number of hydrogen-bond acceptors (Lipinski definition) is 6.